The van der Waals surface area contributed by atoms with Crippen molar-refractivity contribution in [2.24, 2.45) is 0 Å². The lowest BCUT2D eigenvalue weighted by Gasteiger charge is -2.21. The van der Waals surface area contributed by atoms with Crippen LogP contribution in [0.5, 0.6) is 17.2 Å². The minimum Gasteiger partial charge on any atom is -0.508 e. The number of imide groups is 1. The van der Waals surface area contributed by atoms with Gasteiger partial charge in [0.1, 0.15) is 11.5 Å². The van der Waals surface area contributed by atoms with E-state index in [-0.39, 0.29) is 22.3 Å². The summed E-state index contributed by atoms with van der Waals surface area (Å²) in [4.78, 5) is 23.4. The quantitative estimate of drug-likeness (QED) is 0.325. The average Bonchev–Trinajstić information content (AvgIpc) is 2.88. The fourth-order valence-corrected chi connectivity index (χ4v) is 5.35. The van der Waals surface area contributed by atoms with Gasteiger partial charge in [-0.25, -0.2) is 0 Å². The SMILES string of the molecule is CC(C)(C)c1cc(Oc2c(I)cc(/C=C3/SC(=O)NC3=O)cc2I)ccc1O. The molecule has 0 atom stereocenters. The molecule has 146 valence electrons. The topological polar surface area (TPSA) is 75.6 Å². The van der Waals surface area contributed by atoms with E-state index in [4.69, 9.17) is 4.74 Å². The van der Waals surface area contributed by atoms with Gasteiger partial charge in [-0.2, -0.15) is 0 Å². The zero-order valence-corrected chi connectivity index (χ0v) is 20.4. The van der Waals surface area contributed by atoms with Crippen molar-refractivity contribution in [2.45, 2.75) is 26.2 Å². The molecule has 1 heterocycles. The van der Waals surface area contributed by atoms with Crippen LogP contribution in [0.3, 0.4) is 0 Å². The Labute approximate surface area is 194 Å². The minimum atomic E-state index is -0.376. The van der Waals surface area contributed by atoms with Crippen LogP contribution in [0.15, 0.2) is 35.2 Å². The van der Waals surface area contributed by atoms with Gasteiger partial charge in [0.2, 0.25) is 0 Å². The molecule has 1 aliphatic heterocycles. The maximum Gasteiger partial charge on any atom is 0.290 e. The summed E-state index contributed by atoms with van der Waals surface area (Å²) in [6.07, 6.45) is 1.69. The van der Waals surface area contributed by atoms with Crippen LogP contribution in [0.1, 0.15) is 31.9 Å². The summed E-state index contributed by atoms with van der Waals surface area (Å²) >= 11 is 5.26. The Morgan fingerprint density at radius 2 is 1.75 bits per heavy atom. The largest absolute Gasteiger partial charge is 0.508 e. The molecule has 2 N–H and O–H groups in total. The number of phenolic OH excluding ortho intramolecular Hbond substituents is 1. The molecule has 8 heteroatoms. The molecule has 5 nitrogen and oxygen atoms in total. The van der Waals surface area contributed by atoms with Crippen molar-refractivity contribution in [1.82, 2.24) is 5.32 Å². The molecule has 3 rings (SSSR count). The Hall–Kier alpha value is -1.27. The summed E-state index contributed by atoms with van der Waals surface area (Å²) in [5, 5.41) is 12.0. The van der Waals surface area contributed by atoms with E-state index in [9.17, 15) is 14.7 Å². The summed E-state index contributed by atoms with van der Waals surface area (Å²) in [5.41, 5.74) is 1.41. The molecule has 28 heavy (non-hydrogen) atoms. The lowest BCUT2D eigenvalue weighted by Crippen LogP contribution is -2.17. The van der Waals surface area contributed by atoms with Gasteiger partial charge in [-0.3, -0.25) is 14.9 Å². The third kappa shape index (κ3) is 4.82. The van der Waals surface area contributed by atoms with Crippen LogP contribution in [-0.2, 0) is 10.2 Å². The predicted octanol–water partition coefficient (Wildman–Crippen LogP) is 6.02. The Morgan fingerprint density at radius 3 is 2.29 bits per heavy atom. The molecule has 1 fully saturated rings. The number of rotatable bonds is 3. The van der Waals surface area contributed by atoms with Crippen LogP contribution in [-0.4, -0.2) is 16.3 Å². The van der Waals surface area contributed by atoms with E-state index in [1.807, 2.05) is 39.0 Å². The van der Waals surface area contributed by atoms with E-state index >= 15 is 0 Å². The zero-order chi connectivity index (χ0) is 20.6. The predicted molar refractivity (Wildman–Crippen MR) is 128 cm³/mol. The van der Waals surface area contributed by atoms with Gasteiger partial charge in [0, 0.05) is 5.56 Å². The van der Waals surface area contributed by atoms with Crippen molar-refractivity contribution in [3.05, 3.63) is 53.5 Å². The first-order valence-electron chi connectivity index (χ1n) is 8.30. The molecular weight excluding hydrogens is 604 g/mol. The number of hydrogen-bond acceptors (Lipinski definition) is 5. The fraction of sp³-hybridized carbons (Fsp3) is 0.200. The molecular formula is C20H17I2NO4S. The van der Waals surface area contributed by atoms with Gasteiger partial charge in [0.15, 0.2) is 5.75 Å². The highest BCUT2D eigenvalue weighted by molar-refractivity contribution is 14.1. The van der Waals surface area contributed by atoms with E-state index in [0.29, 0.717) is 16.4 Å². The first-order chi connectivity index (χ1) is 13.0. The standard InChI is InChI=1S/C20H17I2NO4S/c1-20(2,3)12-9-11(4-5-15(12)24)27-17-13(21)6-10(7-14(17)22)8-16-18(25)23-19(26)28-16/h4-9,24H,1-3H3,(H,23,25,26)/b16-8+. The molecule has 1 saturated heterocycles. The van der Waals surface area contributed by atoms with E-state index in [0.717, 1.165) is 30.0 Å². The maximum atomic E-state index is 11.7. The summed E-state index contributed by atoms with van der Waals surface area (Å²) in [6.45, 7) is 6.09. The Kier molecular flexibility index (Phi) is 6.30. The van der Waals surface area contributed by atoms with Gasteiger partial charge >= 0.3 is 0 Å². The van der Waals surface area contributed by atoms with Gasteiger partial charge in [-0.1, -0.05) is 20.8 Å². The van der Waals surface area contributed by atoms with Crippen LogP contribution >= 0.6 is 56.9 Å². The Balaban J connectivity index is 1.92. The molecule has 2 aromatic carbocycles. The van der Waals surface area contributed by atoms with Gasteiger partial charge in [0.05, 0.1) is 12.0 Å². The third-order valence-corrected chi connectivity index (χ3v) is 6.37. The second kappa shape index (κ2) is 8.23. The molecule has 2 amide bonds. The number of carbonyl (C=O) groups excluding carboxylic acids is 2. The second-order valence-corrected chi connectivity index (χ2v) is 10.5. The number of halogens is 2. The minimum absolute atomic E-state index is 0.212. The van der Waals surface area contributed by atoms with Crippen LogP contribution in [0.4, 0.5) is 4.79 Å². The molecule has 0 unspecified atom stereocenters. The summed E-state index contributed by atoms with van der Waals surface area (Å²) in [6, 6.07) is 9.02. The molecule has 1 aliphatic rings. The van der Waals surface area contributed by atoms with Crippen molar-refractivity contribution in [3.8, 4) is 17.2 Å². The first-order valence-corrected chi connectivity index (χ1v) is 11.3. The highest BCUT2D eigenvalue weighted by Gasteiger charge is 2.25. The van der Waals surface area contributed by atoms with Crippen LogP contribution < -0.4 is 10.1 Å². The number of amides is 2. The summed E-state index contributed by atoms with van der Waals surface area (Å²) < 4.78 is 7.85. The van der Waals surface area contributed by atoms with Gasteiger partial charge in [-0.05, 0) is 104 Å². The summed E-state index contributed by atoms with van der Waals surface area (Å²) in [5.74, 6) is 1.21. The van der Waals surface area contributed by atoms with E-state index < -0.39 is 0 Å². The molecule has 0 radical (unpaired) electrons. The highest BCUT2D eigenvalue weighted by atomic mass is 127. The van der Waals surface area contributed by atoms with Gasteiger partial charge in [-0.15, -0.1) is 0 Å². The average molecular weight is 621 g/mol. The smallest absolute Gasteiger partial charge is 0.290 e. The van der Waals surface area contributed by atoms with Crippen molar-refractivity contribution < 1.29 is 19.4 Å². The van der Waals surface area contributed by atoms with Crippen molar-refractivity contribution in [2.75, 3.05) is 0 Å². The zero-order valence-electron chi connectivity index (χ0n) is 15.3. The maximum absolute atomic E-state index is 11.7. The summed E-state index contributed by atoms with van der Waals surface area (Å²) in [7, 11) is 0. The number of aromatic hydroxyl groups is 1. The highest BCUT2D eigenvalue weighted by Crippen LogP contribution is 2.38. The molecule has 0 spiro atoms. The molecule has 0 saturated carbocycles. The number of benzene rings is 2. The number of ether oxygens (including phenoxy) is 1. The Bertz CT molecular complexity index is 989. The lowest BCUT2D eigenvalue weighted by molar-refractivity contribution is -0.115. The Morgan fingerprint density at radius 1 is 1.11 bits per heavy atom. The number of thioether (sulfide) groups is 1. The van der Waals surface area contributed by atoms with E-state index in [1.165, 1.54) is 0 Å². The number of nitrogens with one attached hydrogen (secondary N) is 1. The van der Waals surface area contributed by atoms with Gasteiger partial charge < -0.3 is 9.84 Å². The van der Waals surface area contributed by atoms with E-state index in [2.05, 4.69) is 50.5 Å². The first kappa shape index (κ1) is 21.4. The van der Waals surface area contributed by atoms with Gasteiger partial charge in [0.25, 0.3) is 11.1 Å². The second-order valence-electron chi connectivity index (χ2n) is 7.20. The normalized spacial score (nSPS) is 15.8. The number of phenols is 1. The van der Waals surface area contributed by atoms with E-state index in [1.54, 1.807) is 18.2 Å². The van der Waals surface area contributed by atoms with Crippen molar-refractivity contribution in [3.63, 3.8) is 0 Å². The molecule has 0 aromatic heterocycles. The number of hydrogen-bond donors (Lipinski definition) is 2. The molecule has 0 bridgehead atoms. The third-order valence-electron chi connectivity index (χ3n) is 3.96. The van der Waals surface area contributed by atoms with Crippen molar-refractivity contribution in [1.29, 1.82) is 0 Å². The monoisotopic (exact) mass is 621 g/mol. The molecule has 2 aromatic rings. The van der Waals surface area contributed by atoms with Crippen molar-refractivity contribution >= 4 is 74.2 Å². The lowest BCUT2D eigenvalue weighted by atomic mass is 9.86. The van der Waals surface area contributed by atoms with Crippen LogP contribution in [0.25, 0.3) is 6.08 Å². The van der Waals surface area contributed by atoms with Crippen LogP contribution in [0.2, 0.25) is 0 Å². The number of carbonyl (C=O) groups is 2. The van der Waals surface area contributed by atoms with Crippen LogP contribution in [0, 0.1) is 7.14 Å². The molecule has 0 aliphatic carbocycles. The fourth-order valence-electron chi connectivity index (χ4n) is 2.63.